The molecule has 0 amide bonds. The first-order valence-electron chi connectivity index (χ1n) is 3.43. The van der Waals surface area contributed by atoms with E-state index in [1.54, 1.807) is 0 Å². The van der Waals surface area contributed by atoms with Crippen molar-refractivity contribution in [1.29, 1.82) is 0 Å². The van der Waals surface area contributed by atoms with Crippen LogP contribution in [0.2, 0.25) is 0 Å². The van der Waals surface area contributed by atoms with Crippen molar-refractivity contribution in [3.63, 3.8) is 0 Å². The lowest BCUT2D eigenvalue weighted by Gasteiger charge is -2.17. The lowest BCUT2D eigenvalue weighted by atomic mass is 9.97. The molecule has 0 fully saturated rings. The van der Waals surface area contributed by atoms with Gasteiger partial charge in [-0.05, 0) is 18.4 Å². The Morgan fingerprint density at radius 2 is 1.78 bits per heavy atom. The summed E-state index contributed by atoms with van der Waals surface area (Å²) in [4.78, 5) is 0. The topological polar surface area (TPSA) is 26.0 Å². The molecule has 0 saturated heterocycles. The molecule has 0 saturated carbocycles. The van der Waals surface area contributed by atoms with Crippen LogP contribution in [-0.2, 0) is 0 Å². The summed E-state index contributed by atoms with van der Waals surface area (Å²) in [6.07, 6.45) is -0.741. The maximum absolute atomic E-state index is 12.8. The number of rotatable bonds is 3. The van der Waals surface area contributed by atoms with Crippen molar-refractivity contribution < 1.29 is 4.39 Å². The molecule has 0 aromatic carbocycles. The molecule has 0 aliphatic rings. The van der Waals surface area contributed by atoms with Crippen LogP contribution >= 0.6 is 0 Å². The average Bonchev–Trinajstić information content (AvgIpc) is 1.84. The molecule has 0 aliphatic carbocycles. The highest BCUT2D eigenvalue weighted by atomic mass is 19.1. The highest BCUT2D eigenvalue weighted by Crippen LogP contribution is 2.14. The fourth-order valence-corrected chi connectivity index (χ4v) is 0.787. The van der Waals surface area contributed by atoms with Gasteiger partial charge in [0.25, 0.3) is 0 Å². The van der Waals surface area contributed by atoms with E-state index < -0.39 is 6.17 Å². The van der Waals surface area contributed by atoms with Gasteiger partial charge in [0.15, 0.2) is 0 Å². The van der Waals surface area contributed by atoms with Crippen LogP contribution in [0.15, 0.2) is 0 Å². The third kappa shape index (κ3) is 2.80. The highest BCUT2D eigenvalue weighted by Gasteiger charge is 2.17. The van der Waals surface area contributed by atoms with Gasteiger partial charge in [-0.3, -0.25) is 0 Å². The molecule has 0 radical (unpaired) electrons. The molecule has 2 unspecified atom stereocenters. The number of nitrogens with two attached hydrogens (primary N) is 1. The summed E-state index contributed by atoms with van der Waals surface area (Å²) in [6.45, 7) is 6.03. The van der Waals surface area contributed by atoms with Crippen molar-refractivity contribution in [3.05, 3.63) is 0 Å². The van der Waals surface area contributed by atoms with E-state index in [-0.39, 0.29) is 11.8 Å². The van der Waals surface area contributed by atoms with Crippen LogP contribution in [0, 0.1) is 11.8 Å². The van der Waals surface area contributed by atoms with Gasteiger partial charge >= 0.3 is 0 Å². The van der Waals surface area contributed by atoms with Gasteiger partial charge in [0.05, 0.1) is 0 Å². The molecule has 56 valence electrons. The SMILES string of the molecule is CC(C)C(F)C(C)CN. The second-order valence-electron chi connectivity index (χ2n) is 2.90. The van der Waals surface area contributed by atoms with Crippen molar-refractivity contribution >= 4 is 0 Å². The molecular formula is C7H16FN. The molecule has 0 heterocycles. The Hall–Kier alpha value is -0.110. The Morgan fingerprint density at radius 1 is 1.33 bits per heavy atom. The molecule has 0 rings (SSSR count). The summed E-state index contributed by atoms with van der Waals surface area (Å²) in [5.41, 5.74) is 5.27. The molecule has 0 aromatic rings. The van der Waals surface area contributed by atoms with Gasteiger partial charge in [-0.25, -0.2) is 4.39 Å². The van der Waals surface area contributed by atoms with Crippen LogP contribution in [0.4, 0.5) is 4.39 Å². The van der Waals surface area contributed by atoms with E-state index in [2.05, 4.69) is 0 Å². The van der Waals surface area contributed by atoms with Crippen LogP contribution in [0.25, 0.3) is 0 Å². The second-order valence-corrected chi connectivity index (χ2v) is 2.90. The minimum absolute atomic E-state index is 0.00463. The Kier molecular flexibility index (Phi) is 3.78. The van der Waals surface area contributed by atoms with E-state index in [1.807, 2.05) is 20.8 Å². The quantitative estimate of drug-likeness (QED) is 0.621. The van der Waals surface area contributed by atoms with Gasteiger partial charge in [-0.2, -0.15) is 0 Å². The Bertz CT molecular complexity index is 73.3. The van der Waals surface area contributed by atoms with Crippen LogP contribution in [-0.4, -0.2) is 12.7 Å². The van der Waals surface area contributed by atoms with Gasteiger partial charge in [0, 0.05) is 0 Å². The predicted molar refractivity (Wildman–Crippen MR) is 38.0 cm³/mol. The van der Waals surface area contributed by atoms with Gasteiger partial charge in [0.2, 0.25) is 0 Å². The van der Waals surface area contributed by atoms with Crippen molar-refractivity contribution in [3.8, 4) is 0 Å². The summed E-state index contributed by atoms with van der Waals surface area (Å²) in [5.74, 6) is 0.105. The van der Waals surface area contributed by atoms with Gasteiger partial charge in [0.1, 0.15) is 6.17 Å². The van der Waals surface area contributed by atoms with Crippen molar-refractivity contribution in [2.75, 3.05) is 6.54 Å². The largest absolute Gasteiger partial charge is 0.330 e. The lowest BCUT2D eigenvalue weighted by molar-refractivity contribution is 0.184. The summed E-state index contributed by atoms with van der Waals surface area (Å²) in [6, 6.07) is 0. The number of halogens is 1. The number of hydrogen-bond acceptors (Lipinski definition) is 1. The highest BCUT2D eigenvalue weighted by molar-refractivity contribution is 4.68. The van der Waals surface area contributed by atoms with Gasteiger partial charge < -0.3 is 5.73 Å². The van der Waals surface area contributed by atoms with E-state index in [0.717, 1.165) is 0 Å². The maximum atomic E-state index is 12.8. The number of hydrogen-bond donors (Lipinski definition) is 1. The van der Waals surface area contributed by atoms with Gasteiger partial charge in [-0.1, -0.05) is 20.8 Å². The summed E-state index contributed by atoms with van der Waals surface area (Å²) in [7, 11) is 0. The van der Waals surface area contributed by atoms with Gasteiger partial charge in [-0.15, -0.1) is 0 Å². The minimum atomic E-state index is -0.741. The normalized spacial score (nSPS) is 18.0. The summed E-state index contributed by atoms with van der Waals surface area (Å²) in [5, 5.41) is 0. The fraction of sp³-hybridized carbons (Fsp3) is 1.00. The third-order valence-corrected chi connectivity index (χ3v) is 1.55. The van der Waals surface area contributed by atoms with Crippen LogP contribution in [0.5, 0.6) is 0 Å². The first kappa shape index (κ1) is 8.89. The van der Waals surface area contributed by atoms with Crippen LogP contribution in [0.3, 0.4) is 0 Å². The standard InChI is InChI=1S/C7H16FN/c1-5(2)7(8)6(3)4-9/h5-7H,4,9H2,1-3H3. The van der Waals surface area contributed by atoms with Crippen LogP contribution < -0.4 is 5.73 Å². The second kappa shape index (κ2) is 3.83. The van der Waals surface area contributed by atoms with E-state index in [0.29, 0.717) is 6.54 Å². The Balaban J connectivity index is 3.58. The maximum Gasteiger partial charge on any atom is 0.106 e. The van der Waals surface area contributed by atoms with Crippen molar-refractivity contribution in [2.45, 2.75) is 26.9 Å². The molecule has 0 spiro atoms. The number of alkyl halides is 1. The molecule has 1 nitrogen and oxygen atoms in total. The Labute approximate surface area is 56.4 Å². The summed E-state index contributed by atoms with van der Waals surface area (Å²) >= 11 is 0. The summed E-state index contributed by atoms with van der Waals surface area (Å²) < 4.78 is 12.8. The molecule has 9 heavy (non-hydrogen) atoms. The van der Waals surface area contributed by atoms with E-state index in [9.17, 15) is 4.39 Å². The van der Waals surface area contributed by atoms with E-state index in [1.165, 1.54) is 0 Å². The fourth-order valence-electron chi connectivity index (χ4n) is 0.787. The predicted octanol–water partition coefficient (Wildman–Crippen LogP) is 1.58. The molecule has 0 aliphatic heterocycles. The van der Waals surface area contributed by atoms with E-state index >= 15 is 0 Å². The first-order chi connectivity index (χ1) is 4.09. The van der Waals surface area contributed by atoms with Crippen molar-refractivity contribution in [1.82, 2.24) is 0 Å². The molecule has 2 heteroatoms. The Morgan fingerprint density at radius 3 is 1.89 bits per heavy atom. The lowest BCUT2D eigenvalue weighted by Crippen LogP contribution is -2.25. The monoisotopic (exact) mass is 133 g/mol. The molecule has 2 N–H and O–H groups in total. The minimum Gasteiger partial charge on any atom is -0.330 e. The zero-order chi connectivity index (χ0) is 7.44. The molecule has 0 aromatic heterocycles. The van der Waals surface area contributed by atoms with Crippen molar-refractivity contribution in [2.24, 2.45) is 17.6 Å². The van der Waals surface area contributed by atoms with Crippen LogP contribution in [0.1, 0.15) is 20.8 Å². The third-order valence-electron chi connectivity index (χ3n) is 1.55. The average molecular weight is 133 g/mol. The van der Waals surface area contributed by atoms with E-state index in [4.69, 9.17) is 5.73 Å². The smallest absolute Gasteiger partial charge is 0.106 e. The zero-order valence-electron chi connectivity index (χ0n) is 6.39. The molecular weight excluding hydrogens is 117 g/mol. The first-order valence-corrected chi connectivity index (χ1v) is 3.43. The molecule has 0 bridgehead atoms. The molecule has 2 atom stereocenters. The zero-order valence-corrected chi connectivity index (χ0v) is 6.39.